The molecule has 0 unspecified atom stereocenters. The molecule has 4 heteroatoms. The molecule has 1 aliphatic rings. The highest BCUT2D eigenvalue weighted by Gasteiger charge is 2.22. The smallest absolute Gasteiger partial charge is 0.165 e. The van der Waals surface area contributed by atoms with Gasteiger partial charge in [-0.05, 0) is 42.7 Å². The van der Waals surface area contributed by atoms with Crippen molar-refractivity contribution in [1.82, 2.24) is 9.78 Å². The summed E-state index contributed by atoms with van der Waals surface area (Å²) >= 11 is 0. The zero-order chi connectivity index (χ0) is 14.4. The lowest BCUT2D eigenvalue weighted by molar-refractivity contribution is 0.0974. The Balaban J connectivity index is 2.02. The number of Topliss-reactive ketones (excluding diaryl/α,β-unsaturated/α-hetero) is 1. The number of aryl methyl sites for hydroxylation is 1. The van der Waals surface area contributed by atoms with Gasteiger partial charge in [0.2, 0.25) is 0 Å². The Kier molecular flexibility index (Phi) is 2.64. The van der Waals surface area contributed by atoms with Crippen LogP contribution in [0.2, 0.25) is 0 Å². The van der Waals surface area contributed by atoms with Crippen molar-refractivity contribution in [3.63, 3.8) is 0 Å². The summed E-state index contributed by atoms with van der Waals surface area (Å²) in [6.45, 7) is 0. The highest BCUT2D eigenvalue weighted by Crippen LogP contribution is 2.30. The molecule has 3 nitrogen and oxygen atoms in total. The second-order valence-corrected chi connectivity index (χ2v) is 5.35. The summed E-state index contributed by atoms with van der Waals surface area (Å²) in [5, 5.41) is 5.32. The fraction of sp³-hybridized carbons (Fsp3) is 0.176. The minimum atomic E-state index is -0.284. The first-order valence-corrected chi connectivity index (χ1v) is 7.03. The van der Waals surface area contributed by atoms with Gasteiger partial charge in [-0.3, -0.25) is 4.79 Å². The summed E-state index contributed by atoms with van der Waals surface area (Å²) in [6.07, 6.45) is 4.16. The van der Waals surface area contributed by atoms with Crippen LogP contribution in [0, 0.1) is 5.82 Å². The molecule has 3 aromatic rings. The van der Waals surface area contributed by atoms with Crippen molar-refractivity contribution < 1.29 is 9.18 Å². The molecule has 0 saturated heterocycles. The number of benzene rings is 2. The number of nitrogens with zero attached hydrogens (tertiary/aromatic N) is 2. The van der Waals surface area contributed by atoms with Crippen molar-refractivity contribution in [2.75, 3.05) is 0 Å². The van der Waals surface area contributed by atoms with E-state index in [-0.39, 0.29) is 11.6 Å². The normalized spacial score (nSPS) is 14.4. The van der Waals surface area contributed by atoms with Crippen LogP contribution in [0.1, 0.15) is 28.8 Å². The lowest BCUT2D eigenvalue weighted by atomic mass is 9.89. The standard InChI is InChI=1S/C17H13FN2O/c18-13-6-8-14(9-7-13)20-17-12(10-19-20)5-4-11-2-1-3-15(21)16(11)17/h4-10H,1-3H2. The fourth-order valence-corrected chi connectivity index (χ4v) is 3.02. The third-order valence-corrected chi connectivity index (χ3v) is 4.02. The molecule has 1 aromatic heterocycles. The molecule has 104 valence electrons. The van der Waals surface area contributed by atoms with Gasteiger partial charge in [0.1, 0.15) is 5.82 Å². The van der Waals surface area contributed by atoms with Crippen LogP contribution >= 0.6 is 0 Å². The summed E-state index contributed by atoms with van der Waals surface area (Å²) in [5.41, 5.74) is 3.46. The van der Waals surface area contributed by atoms with E-state index in [4.69, 9.17) is 0 Å². The largest absolute Gasteiger partial charge is 0.294 e. The molecule has 0 radical (unpaired) electrons. The summed E-state index contributed by atoms with van der Waals surface area (Å²) in [5.74, 6) is -0.112. The first-order chi connectivity index (χ1) is 10.2. The number of hydrogen-bond donors (Lipinski definition) is 0. The van der Waals surface area contributed by atoms with Crippen LogP contribution in [-0.2, 0) is 6.42 Å². The van der Waals surface area contributed by atoms with Gasteiger partial charge in [-0.1, -0.05) is 12.1 Å². The van der Waals surface area contributed by atoms with E-state index in [0.717, 1.165) is 40.6 Å². The van der Waals surface area contributed by atoms with Crippen LogP contribution in [0.25, 0.3) is 16.6 Å². The molecule has 0 aliphatic heterocycles. The monoisotopic (exact) mass is 280 g/mol. The Morgan fingerprint density at radius 1 is 1.05 bits per heavy atom. The summed E-state index contributed by atoms with van der Waals surface area (Å²) < 4.78 is 14.8. The molecule has 0 amide bonds. The van der Waals surface area contributed by atoms with E-state index < -0.39 is 0 Å². The summed E-state index contributed by atoms with van der Waals surface area (Å²) in [7, 11) is 0. The second-order valence-electron chi connectivity index (χ2n) is 5.35. The van der Waals surface area contributed by atoms with E-state index in [1.807, 2.05) is 12.1 Å². The molecule has 1 heterocycles. The second kappa shape index (κ2) is 4.52. The number of halogens is 1. The van der Waals surface area contributed by atoms with E-state index in [1.165, 1.54) is 12.1 Å². The van der Waals surface area contributed by atoms with Crippen molar-refractivity contribution in [1.29, 1.82) is 0 Å². The zero-order valence-corrected chi connectivity index (χ0v) is 11.3. The van der Waals surface area contributed by atoms with Gasteiger partial charge < -0.3 is 0 Å². The van der Waals surface area contributed by atoms with Gasteiger partial charge in [0.15, 0.2) is 5.78 Å². The Hall–Kier alpha value is -2.49. The van der Waals surface area contributed by atoms with Crippen LogP contribution in [0.4, 0.5) is 4.39 Å². The molecule has 2 aromatic carbocycles. The van der Waals surface area contributed by atoms with Crippen LogP contribution in [0.3, 0.4) is 0 Å². The van der Waals surface area contributed by atoms with Gasteiger partial charge in [-0.15, -0.1) is 0 Å². The number of carbonyl (C=O) groups excluding carboxylic acids is 1. The van der Waals surface area contributed by atoms with Crippen molar-refractivity contribution in [3.8, 4) is 5.69 Å². The SMILES string of the molecule is O=C1CCCc2ccc3cnn(-c4ccc(F)cc4)c3c21. The maximum atomic E-state index is 13.1. The molecule has 0 spiro atoms. The Bertz CT molecular complexity index is 849. The minimum absolute atomic E-state index is 0.172. The molecule has 1 aliphatic carbocycles. The molecule has 0 atom stereocenters. The Labute approximate surface area is 121 Å². The predicted octanol–water partition coefficient (Wildman–Crippen LogP) is 3.68. The predicted molar refractivity (Wildman–Crippen MR) is 78.3 cm³/mol. The van der Waals surface area contributed by atoms with Gasteiger partial charge in [-0.2, -0.15) is 5.10 Å². The highest BCUT2D eigenvalue weighted by atomic mass is 19.1. The Morgan fingerprint density at radius 3 is 2.67 bits per heavy atom. The molecule has 0 N–H and O–H groups in total. The van der Waals surface area contributed by atoms with E-state index >= 15 is 0 Å². The molecule has 21 heavy (non-hydrogen) atoms. The lowest BCUT2D eigenvalue weighted by Crippen LogP contribution is -2.13. The Morgan fingerprint density at radius 2 is 1.86 bits per heavy atom. The van der Waals surface area contributed by atoms with Crippen molar-refractivity contribution in [2.45, 2.75) is 19.3 Å². The van der Waals surface area contributed by atoms with E-state index in [2.05, 4.69) is 5.10 Å². The van der Waals surface area contributed by atoms with Crippen LogP contribution in [0.5, 0.6) is 0 Å². The highest BCUT2D eigenvalue weighted by molar-refractivity contribution is 6.09. The van der Waals surface area contributed by atoms with Gasteiger partial charge in [0, 0.05) is 17.4 Å². The van der Waals surface area contributed by atoms with Crippen LogP contribution in [-0.4, -0.2) is 15.6 Å². The van der Waals surface area contributed by atoms with Crippen LogP contribution in [0.15, 0.2) is 42.6 Å². The van der Waals surface area contributed by atoms with Gasteiger partial charge >= 0.3 is 0 Å². The zero-order valence-electron chi connectivity index (χ0n) is 11.3. The number of ketones is 1. The fourth-order valence-electron chi connectivity index (χ4n) is 3.02. The van der Waals surface area contributed by atoms with E-state index in [0.29, 0.717) is 6.42 Å². The van der Waals surface area contributed by atoms with Crippen molar-refractivity contribution in [2.24, 2.45) is 0 Å². The summed E-state index contributed by atoms with van der Waals surface area (Å²) in [4.78, 5) is 12.3. The third-order valence-electron chi connectivity index (χ3n) is 4.02. The van der Waals surface area contributed by atoms with Gasteiger partial charge in [-0.25, -0.2) is 9.07 Å². The first kappa shape index (κ1) is 12.3. The maximum Gasteiger partial charge on any atom is 0.165 e. The quantitative estimate of drug-likeness (QED) is 0.681. The lowest BCUT2D eigenvalue weighted by Gasteiger charge is -2.16. The molecular formula is C17H13FN2O. The molecule has 0 bridgehead atoms. The average Bonchev–Trinajstić information content (AvgIpc) is 2.92. The number of hydrogen-bond acceptors (Lipinski definition) is 2. The number of aromatic nitrogens is 2. The first-order valence-electron chi connectivity index (χ1n) is 7.03. The van der Waals surface area contributed by atoms with Crippen molar-refractivity contribution >= 4 is 16.7 Å². The topological polar surface area (TPSA) is 34.9 Å². The molecular weight excluding hydrogens is 267 g/mol. The van der Waals surface area contributed by atoms with Crippen LogP contribution < -0.4 is 0 Å². The maximum absolute atomic E-state index is 13.1. The summed E-state index contributed by atoms with van der Waals surface area (Å²) in [6, 6.07) is 10.2. The number of fused-ring (bicyclic) bond motifs is 3. The molecule has 0 fully saturated rings. The minimum Gasteiger partial charge on any atom is -0.294 e. The molecule has 0 saturated carbocycles. The van der Waals surface area contributed by atoms with Gasteiger partial charge in [0.25, 0.3) is 0 Å². The number of rotatable bonds is 1. The number of carbonyl (C=O) groups is 1. The average molecular weight is 280 g/mol. The van der Waals surface area contributed by atoms with Crippen molar-refractivity contribution in [3.05, 3.63) is 59.5 Å². The van der Waals surface area contributed by atoms with E-state index in [9.17, 15) is 9.18 Å². The molecule has 4 rings (SSSR count). The third kappa shape index (κ3) is 1.87. The van der Waals surface area contributed by atoms with E-state index in [1.54, 1.807) is 23.0 Å². The van der Waals surface area contributed by atoms with Gasteiger partial charge in [0.05, 0.1) is 17.4 Å².